The number of aryl methyl sites for hydroxylation is 1. The van der Waals surface area contributed by atoms with Crippen molar-refractivity contribution >= 4 is 22.4 Å². The number of aromatic nitrogens is 3. The molecule has 0 spiro atoms. The number of phenolic OH excluding ortho intramolecular Hbond substituents is 1. The van der Waals surface area contributed by atoms with E-state index in [4.69, 9.17) is 0 Å². The summed E-state index contributed by atoms with van der Waals surface area (Å²) >= 11 is 0. The Balaban J connectivity index is 1.76. The predicted octanol–water partition coefficient (Wildman–Crippen LogP) is 5.48. The molecule has 3 aromatic carbocycles. The normalized spacial score (nSPS) is 11.7. The number of nitrogens with zero attached hydrogens (tertiary/aromatic N) is 3. The van der Waals surface area contributed by atoms with Gasteiger partial charge in [-0.1, -0.05) is 45.0 Å². The largest absolute Gasteiger partial charge is 0.505 e. The molecule has 5 nitrogen and oxygen atoms in total. The molecule has 5 heteroatoms. The molecular formula is C23H24N4O. The second-order valence-corrected chi connectivity index (χ2v) is 8.11. The number of hydrogen-bond acceptors (Lipinski definition) is 4. The Morgan fingerprint density at radius 3 is 2.29 bits per heavy atom. The fourth-order valence-electron chi connectivity index (χ4n) is 3.27. The summed E-state index contributed by atoms with van der Waals surface area (Å²) in [6.45, 7) is 8.27. The molecule has 4 aromatic rings. The number of phenols is 1. The highest BCUT2D eigenvalue weighted by Crippen LogP contribution is 2.36. The van der Waals surface area contributed by atoms with E-state index >= 15 is 0 Å². The lowest BCUT2D eigenvalue weighted by Gasteiger charge is -2.22. The Hall–Kier alpha value is -3.34. The Morgan fingerprint density at radius 2 is 1.57 bits per heavy atom. The zero-order valence-corrected chi connectivity index (χ0v) is 16.6. The van der Waals surface area contributed by atoms with Gasteiger partial charge >= 0.3 is 0 Å². The van der Waals surface area contributed by atoms with Gasteiger partial charge in [-0.3, -0.25) is 0 Å². The first-order valence-corrected chi connectivity index (χ1v) is 9.35. The van der Waals surface area contributed by atoms with Crippen molar-refractivity contribution in [2.24, 2.45) is 0 Å². The number of para-hydroxylation sites is 1. The molecule has 0 unspecified atom stereocenters. The van der Waals surface area contributed by atoms with E-state index in [2.05, 4.69) is 36.3 Å². The van der Waals surface area contributed by atoms with Gasteiger partial charge in [0.1, 0.15) is 22.5 Å². The van der Waals surface area contributed by atoms with Crippen LogP contribution in [0.3, 0.4) is 0 Å². The number of hydrogen-bond donors (Lipinski definition) is 2. The van der Waals surface area contributed by atoms with Gasteiger partial charge in [0.05, 0.1) is 0 Å². The van der Waals surface area contributed by atoms with Crippen molar-refractivity contribution in [3.05, 3.63) is 71.8 Å². The van der Waals surface area contributed by atoms with Crippen LogP contribution in [-0.2, 0) is 5.41 Å². The molecule has 4 rings (SSSR count). The van der Waals surface area contributed by atoms with Gasteiger partial charge in [0.2, 0.25) is 0 Å². The second-order valence-electron chi connectivity index (χ2n) is 8.11. The molecule has 0 atom stereocenters. The van der Waals surface area contributed by atoms with Crippen molar-refractivity contribution in [2.45, 2.75) is 33.1 Å². The van der Waals surface area contributed by atoms with Crippen molar-refractivity contribution in [2.75, 3.05) is 5.32 Å². The van der Waals surface area contributed by atoms with E-state index in [9.17, 15) is 5.11 Å². The summed E-state index contributed by atoms with van der Waals surface area (Å²) in [6.07, 6.45) is 0. The van der Waals surface area contributed by atoms with Gasteiger partial charge in [-0.25, -0.2) is 0 Å². The van der Waals surface area contributed by atoms with Crippen LogP contribution in [0, 0.1) is 6.92 Å². The van der Waals surface area contributed by atoms with Gasteiger partial charge in [-0.05, 0) is 54.3 Å². The summed E-state index contributed by atoms with van der Waals surface area (Å²) in [6, 6.07) is 19.8. The molecule has 1 aromatic heterocycles. The molecule has 28 heavy (non-hydrogen) atoms. The lowest BCUT2D eigenvalue weighted by atomic mass is 9.85. The third-order valence-corrected chi connectivity index (χ3v) is 4.70. The van der Waals surface area contributed by atoms with Crippen molar-refractivity contribution in [1.29, 1.82) is 0 Å². The first-order chi connectivity index (χ1) is 13.3. The number of anilines is 2. The summed E-state index contributed by atoms with van der Waals surface area (Å²) in [5.41, 5.74) is 5.86. The second kappa shape index (κ2) is 6.68. The molecule has 0 fully saturated rings. The lowest BCUT2D eigenvalue weighted by Crippen LogP contribution is -2.13. The van der Waals surface area contributed by atoms with Gasteiger partial charge < -0.3 is 10.4 Å². The molecule has 0 saturated carbocycles. The number of benzene rings is 3. The van der Waals surface area contributed by atoms with Crippen LogP contribution in [0.2, 0.25) is 0 Å². The van der Waals surface area contributed by atoms with Gasteiger partial charge in [0, 0.05) is 16.9 Å². The molecule has 0 amide bonds. The highest BCUT2D eigenvalue weighted by Gasteiger charge is 2.22. The number of aromatic hydroxyl groups is 1. The van der Waals surface area contributed by atoms with Crippen molar-refractivity contribution in [3.63, 3.8) is 0 Å². The van der Waals surface area contributed by atoms with E-state index in [1.54, 1.807) is 0 Å². The topological polar surface area (TPSA) is 63.0 Å². The van der Waals surface area contributed by atoms with Gasteiger partial charge in [-0.2, -0.15) is 0 Å². The maximum atomic E-state index is 10.9. The SMILES string of the molecule is Cc1cc(-n2nc3ccc(Nc4ccccc4)cc3n2)c(O)c(C(C)(C)C)c1. The molecule has 0 bridgehead atoms. The molecule has 1 heterocycles. The van der Waals surface area contributed by atoms with Crippen molar-refractivity contribution < 1.29 is 5.11 Å². The van der Waals surface area contributed by atoms with E-state index in [0.717, 1.165) is 33.5 Å². The predicted molar refractivity (Wildman–Crippen MR) is 114 cm³/mol. The van der Waals surface area contributed by atoms with E-state index in [0.29, 0.717) is 5.69 Å². The van der Waals surface area contributed by atoms with Crippen LogP contribution in [0.4, 0.5) is 11.4 Å². The molecule has 0 aliphatic heterocycles. The van der Waals surface area contributed by atoms with E-state index in [1.165, 1.54) is 4.80 Å². The Morgan fingerprint density at radius 1 is 0.857 bits per heavy atom. The monoisotopic (exact) mass is 372 g/mol. The molecule has 142 valence electrons. The first kappa shape index (κ1) is 18.0. The zero-order valence-electron chi connectivity index (χ0n) is 16.6. The maximum absolute atomic E-state index is 10.9. The van der Waals surface area contributed by atoms with E-state index < -0.39 is 0 Å². The Bertz CT molecular complexity index is 1140. The van der Waals surface area contributed by atoms with Crippen LogP contribution < -0.4 is 5.32 Å². The van der Waals surface area contributed by atoms with Crippen LogP contribution in [0.15, 0.2) is 60.7 Å². The Kier molecular flexibility index (Phi) is 4.30. The van der Waals surface area contributed by atoms with Crippen molar-refractivity contribution in [3.8, 4) is 11.4 Å². The van der Waals surface area contributed by atoms with Crippen LogP contribution >= 0.6 is 0 Å². The molecule has 0 aliphatic rings. The average molecular weight is 372 g/mol. The Labute approximate surface area is 164 Å². The smallest absolute Gasteiger partial charge is 0.146 e. The number of fused-ring (bicyclic) bond motifs is 1. The molecular weight excluding hydrogens is 348 g/mol. The number of nitrogens with one attached hydrogen (secondary N) is 1. The van der Waals surface area contributed by atoms with Gasteiger partial charge in [0.25, 0.3) is 0 Å². The van der Waals surface area contributed by atoms with Crippen LogP contribution in [0.25, 0.3) is 16.7 Å². The third kappa shape index (κ3) is 3.43. The first-order valence-electron chi connectivity index (χ1n) is 9.35. The van der Waals surface area contributed by atoms with Crippen LogP contribution in [-0.4, -0.2) is 20.1 Å². The van der Waals surface area contributed by atoms with Crippen LogP contribution in [0.1, 0.15) is 31.9 Å². The molecule has 0 aliphatic carbocycles. The maximum Gasteiger partial charge on any atom is 0.146 e. The van der Waals surface area contributed by atoms with E-state index in [1.807, 2.05) is 67.6 Å². The third-order valence-electron chi connectivity index (χ3n) is 4.70. The molecule has 0 radical (unpaired) electrons. The summed E-state index contributed by atoms with van der Waals surface area (Å²) < 4.78 is 0. The minimum absolute atomic E-state index is 0.176. The highest BCUT2D eigenvalue weighted by molar-refractivity contribution is 5.80. The lowest BCUT2D eigenvalue weighted by molar-refractivity contribution is 0.440. The van der Waals surface area contributed by atoms with Crippen LogP contribution in [0.5, 0.6) is 5.75 Å². The molecule has 2 N–H and O–H groups in total. The fraction of sp³-hybridized carbons (Fsp3) is 0.217. The highest BCUT2D eigenvalue weighted by atomic mass is 16.3. The number of rotatable bonds is 3. The van der Waals surface area contributed by atoms with E-state index in [-0.39, 0.29) is 11.2 Å². The fourth-order valence-corrected chi connectivity index (χ4v) is 3.27. The standard InChI is InChI=1S/C23H24N4O/c1-15-12-18(23(2,3)4)22(28)21(13-15)27-25-19-11-10-17(14-20(19)26-27)24-16-8-6-5-7-9-16/h5-14,24,28H,1-4H3. The summed E-state index contributed by atoms with van der Waals surface area (Å²) in [5.74, 6) is 0.223. The van der Waals surface area contributed by atoms with Crippen molar-refractivity contribution in [1.82, 2.24) is 15.0 Å². The quantitative estimate of drug-likeness (QED) is 0.500. The summed E-state index contributed by atoms with van der Waals surface area (Å²) in [7, 11) is 0. The average Bonchev–Trinajstić information content (AvgIpc) is 3.06. The van der Waals surface area contributed by atoms with Gasteiger partial charge in [0.15, 0.2) is 0 Å². The zero-order chi connectivity index (χ0) is 19.9. The van der Waals surface area contributed by atoms with Gasteiger partial charge in [-0.15, -0.1) is 15.0 Å². The minimum atomic E-state index is -0.176. The molecule has 0 saturated heterocycles. The summed E-state index contributed by atoms with van der Waals surface area (Å²) in [5, 5.41) is 23.4. The minimum Gasteiger partial charge on any atom is -0.505 e. The summed E-state index contributed by atoms with van der Waals surface area (Å²) in [4.78, 5) is 1.52.